The fourth-order valence-electron chi connectivity index (χ4n) is 4.53. The molecule has 0 aromatic heterocycles. The SMILES string of the molecule is CNC(=O)C[C@@H]1C[C@H](SC2=C(C(=O)O)N3C(=O)[C@H]([C@@H](C)O)C3[C@H]2C)CN1C. The zero-order valence-corrected chi connectivity index (χ0v) is 16.8. The number of aliphatic hydroxyl groups excluding tert-OH is 1. The lowest BCUT2D eigenvalue weighted by atomic mass is 9.79. The summed E-state index contributed by atoms with van der Waals surface area (Å²) in [4.78, 5) is 40.1. The normalized spacial score (nSPS) is 34.5. The number of thioether (sulfide) groups is 1. The molecule has 3 aliphatic heterocycles. The summed E-state index contributed by atoms with van der Waals surface area (Å²) in [5.74, 6) is -2.08. The summed E-state index contributed by atoms with van der Waals surface area (Å²) in [6, 6.07) is -0.163. The number of nitrogens with one attached hydrogen (secondary N) is 1. The summed E-state index contributed by atoms with van der Waals surface area (Å²) in [7, 11) is 3.59. The van der Waals surface area contributed by atoms with Gasteiger partial charge in [0.15, 0.2) is 0 Å². The van der Waals surface area contributed by atoms with Gasteiger partial charge in [0, 0.05) is 42.1 Å². The van der Waals surface area contributed by atoms with Crippen molar-refractivity contribution in [3.8, 4) is 0 Å². The predicted molar refractivity (Wildman–Crippen MR) is 101 cm³/mol. The molecule has 27 heavy (non-hydrogen) atoms. The van der Waals surface area contributed by atoms with E-state index >= 15 is 0 Å². The first-order chi connectivity index (χ1) is 12.7. The van der Waals surface area contributed by atoms with Gasteiger partial charge >= 0.3 is 5.97 Å². The van der Waals surface area contributed by atoms with E-state index < -0.39 is 18.0 Å². The molecule has 3 heterocycles. The Morgan fingerprint density at radius 2 is 2.07 bits per heavy atom. The predicted octanol–water partition coefficient (Wildman–Crippen LogP) is 0.0821. The minimum Gasteiger partial charge on any atom is -0.477 e. The van der Waals surface area contributed by atoms with Crippen molar-refractivity contribution >= 4 is 29.5 Å². The topological polar surface area (TPSA) is 110 Å². The number of amides is 2. The van der Waals surface area contributed by atoms with Crippen LogP contribution in [0, 0.1) is 11.8 Å². The molecule has 0 aromatic carbocycles. The van der Waals surface area contributed by atoms with E-state index in [1.165, 1.54) is 16.7 Å². The monoisotopic (exact) mass is 397 g/mol. The maximum absolute atomic E-state index is 12.4. The van der Waals surface area contributed by atoms with E-state index in [4.69, 9.17) is 0 Å². The number of carboxylic acids is 1. The van der Waals surface area contributed by atoms with E-state index in [2.05, 4.69) is 10.2 Å². The summed E-state index contributed by atoms with van der Waals surface area (Å²) in [5, 5.41) is 22.4. The maximum Gasteiger partial charge on any atom is 0.353 e. The van der Waals surface area contributed by atoms with Gasteiger partial charge in [0.1, 0.15) is 5.70 Å². The fraction of sp³-hybridized carbons (Fsp3) is 0.722. The number of carbonyl (C=O) groups is 3. The van der Waals surface area contributed by atoms with Crippen molar-refractivity contribution in [1.29, 1.82) is 0 Å². The third-order valence-electron chi connectivity index (χ3n) is 5.95. The lowest BCUT2D eigenvalue weighted by Crippen LogP contribution is -2.63. The Morgan fingerprint density at radius 1 is 1.41 bits per heavy atom. The molecule has 0 saturated carbocycles. The molecule has 0 spiro atoms. The van der Waals surface area contributed by atoms with Crippen molar-refractivity contribution in [3.05, 3.63) is 10.6 Å². The lowest BCUT2D eigenvalue weighted by molar-refractivity contribution is -0.163. The lowest BCUT2D eigenvalue weighted by Gasteiger charge is -2.46. The molecule has 2 saturated heterocycles. The first kappa shape index (κ1) is 20.2. The number of aliphatic carboxylic acids is 1. The maximum atomic E-state index is 12.4. The molecule has 0 aromatic rings. The Bertz CT molecular complexity index is 694. The van der Waals surface area contributed by atoms with Crippen molar-refractivity contribution in [1.82, 2.24) is 15.1 Å². The molecule has 3 rings (SSSR count). The molecule has 8 nitrogen and oxygen atoms in total. The van der Waals surface area contributed by atoms with Gasteiger partial charge < -0.3 is 25.3 Å². The number of carboxylic acid groups (broad SMARTS) is 1. The summed E-state index contributed by atoms with van der Waals surface area (Å²) in [6.45, 7) is 4.26. The van der Waals surface area contributed by atoms with Crippen LogP contribution in [0.15, 0.2) is 10.6 Å². The number of hydrogen-bond donors (Lipinski definition) is 3. The summed E-state index contributed by atoms with van der Waals surface area (Å²) in [5.41, 5.74) is 0.0665. The van der Waals surface area contributed by atoms with Gasteiger partial charge in [-0.05, 0) is 20.4 Å². The molecule has 2 amide bonds. The highest BCUT2D eigenvalue weighted by Gasteiger charge is 2.60. The van der Waals surface area contributed by atoms with Crippen molar-refractivity contribution in [3.63, 3.8) is 0 Å². The van der Waals surface area contributed by atoms with E-state index in [-0.39, 0.29) is 40.8 Å². The average molecular weight is 397 g/mol. The number of rotatable bonds is 6. The summed E-state index contributed by atoms with van der Waals surface area (Å²) < 4.78 is 0. The smallest absolute Gasteiger partial charge is 0.353 e. The molecule has 2 fully saturated rings. The van der Waals surface area contributed by atoms with Crippen LogP contribution in [0.25, 0.3) is 0 Å². The third-order valence-corrected chi connectivity index (χ3v) is 7.45. The molecule has 3 aliphatic rings. The van der Waals surface area contributed by atoms with E-state index in [9.17, 15) is 24.6 Å². The molecule has 9 heteroatoms. The first-order valence-corrected chi connectivity index (χ1v) is 10.1. The molecule has 1 unspecified atom stereocenters. The molecule has 0 radical (unpaired) electrons. The zero-order chi connectivity index (χ0) is 20.0. The van der Waals surface area contributed by atoms with Gasteiger partial charge in [0.2, 0.25) is 11.8 Å². The highest BCUT2D eigenvalue weighted by molar-refractivity contribution is 8.03. The van der Waals surface area contributed by atoms with Crippen LogP contribution in [0.5, 0.6) is 0 Å². The molecule has 150 valence electrons. The van der Waals surface area contributed by atoms with Gasteiger partial charge in [0.25, 0.3) is 0 Å². The number of aliphatic hydroxyl groups is 1. The van der Waals surface area contributed by atoms with E-state index in [0.29, 0.717) is 11.3 Å². The van der Waals surface area contributed by atoms with Crippen LogP contribution in [0.4, 0.5) is 0 Å². The Morgan fingerprint density at radius 3 is 2.63 bits per heavy atom. The minimum atomic E-state index is -1.10. The van der Waals surface area contributed by atoms with Crippen molar-refractivity contribution in [2.24, 2.45) is 11.8 Å². The molecule has 3 N–H and O–H groups in total. The third kappa shape index (κ3) is 3.36. The number of carbonyl (C=O) groups excluding carboxylic acids is 2. The van der Waals surface area contributed by atoms with E-state index in [0.717, 1.165) is 13.0 Å². The van der Waals surface area contributed by atoms with E-state index in [1.807, 2.05) is 14.0 Å². The van der Waals surface area contributed by atoms with E-state index in [1.54, 1.807) is 14.0 Å². The van der Waals surface area contributed by atoms with Crippen LogP contribution >= 0.6 is 11.8 Å². The van der Waals surface area contributed by atoms with Crippen LogP contribution in [-0.4, -0.2) is 81.9 Å². The Hall–Kier alpha value is -1.58. The van der Waals surface area contributed by atoms with Crippen molar-refractivity contribution < 1.29 is 24.6 Å². The highest BCUT2D eigenvalue weighted by Crippen LogP contribution is 2.52. The van der Waals surface area contributed by atoms with Gasteiger partial charge in [-0.2, -0.15) is 0 Å². The van der Waals surface area contributed by atoms with Gasteiger partial charge in [-0.25, -0.2) is 4.79 Å². The van der Waals surface area contributed by atoms with Crippen LogP contribution < -0.4 is 5.32 Å². The first-order valence-electron chi connectivity index (χ1n) is 9.23. The van der Waals surface area contributed by atoms with Crippen LogP contribution in [0.2, 0.25) is 0 Å². The second-order valence-electron chi connectivity index (χ2n) is 7.72. The van der Waals surface area contributed by atoms with Crippen molar-refractivity contribution in [2.45, 2.75) is 50.1 Å². The second kappa shape index (κ2) is 7.44. The number of fused-ring (bicyclic) bond motifs is 1. The number of likely N-dealkylation sites (tertiary alicyclic amines) is 1. The summed E-state index contributed by atoms with van der Waals surface area (Å²) >= 11 is 1.51. The highest BCUT2D eigenvalue weighted by atomic mass is 32.2. The van der Waals surface area contributed by atoms with Crippen LogP contribution in [0.1, 0.15) is 26.7 Å². The molecule has 0 bridgehead atoms. The standard InChI is InChI=1S/C18H27N3O5S/c1-8-14-13(9(2)22)17(24)21(14)15(18(25)26)16(8)27-11-5-10(20(4)7-11)6-12(23)19-3/h8-11,13-14,22H,5-7H2,1-4H3,(H,19,23)(H,25,26)/t8-,9-,10+,11+,13-,14?/m1/s1. The quantitative estimate of drug-likeness (QED) is 0.545. The zero-order valence-electron chi connectivity index (χ0n) is 16.0. The second-order valence-corrected chi connectivity index (χ2v) is 9.06. The number of β-lactam (4-membered cyclic amide) rings is 1. The number of hydrogen-bond acceptors (Lipinski definition) is 6. The Balaban J connectivity index is 1.77. The van der Waals surface area contributed by atoms with Crippen molar-refractivity contribution in [2.75, 3.05) is 20.6 Å². The van der Waals surface area contributed by atoms with Gasteiger partial charge in [-0.1, -0.05) is 6.92 Å². The Kier molecular flexibility index (Phi) is 5.56. The minimum absolute atomic E-state index is 0.00768. The van der Waals surface area contributed by atoms with Gasteiger partial charge in [-0.3, -0.25) is 9.59 Å². The average Bonchev–Trinajstić information content (AvgIpc) is 3.04. The largest absolute Gasteiger partial charge is 0.477 e. The molecular formula is C18H27N3O5S. The Labute approximate surface area is 163 Å². The molecule has 6 atom stereocenters. The van der Waals surface area contributed by atoms with Gasteiger partial charge in [-0.15, -0.1) is 11.8 Å². The summed E-state index contributed by atoms with van der Waals surface area (Å²) in [6.07, 6.45) is 0.410. The van der Waals surface area contributed by atoms with Crippen LogP contribution in [-0.2, 0) is 14.4 Å². The molecular weight excluding hydrogens is 370 g/mol. The van der Waals surface area contributed by atoms with Gasteiger partial charge in [0.05, 0.1) is 18.1 Å². The van der Waals surface area contributed by atoms with Crippen LogP contribution in [0.3, 0.4) is 0 Å². The fourth-order valence-corrected chi connectivity index (χ4v) is 6.17. The molecule has 0 aliphatic carbocycles. The number of nitrogens with zero attached hydrogens (tertiary/aromatic N) is 2.